The summed E-state index contributed by atoms with van der Waals surface area (Å²) in [4.78, 5) is 26.0. The molecule has 144 valence electrons. The highest BCUT2D eigenvalue weighted by atomic mass is 16.5. The van der Waals surface area contributed by atoms with Crippen LogP contribution in [0.25, 0.3) is 5.65 Å². The predicted molar refractivity (Wildman–Crippen MR) is 106 cm³/mol. The zero-order valence-electron chi connectivity index (χ0n) is 16.0. The van der Waals surface area contributed by atoms with Crippen LogP contribution in [0.2, 0.25) is 0 Å². The summed E-state index contributed by atoms with van der Waals surface area (Å²) in [5.41, 5.74) is 3.51. The quantitative estimate of drug-likeness (QED) is 0.686. The van der Waals surface area contributed by atoms with Crippen molar-refractivity contribution in [3.63, 3.8) is 0 Å². The van der Waals surface area contributed by atoms with Gasteiger partial charge in [0.25, 0.3) is 5.91 Å². The summed E-state index contributed by atoms with van der Waals surface area (Å²) in [5, 5.41) is 0. The molecule has 5 rings (SSSR count). The van der Waals surface area contributed by atoms with Gasteiger partial charge in [-0.05, 0) is 38.3 Å². The number of amides is 1. The Hall–Kier alpha value is -3.09. The summed E-state index contributed by atoms with van der Waals surface area (Å²) in [6.07, 6.45) is 9.03. The van der Waals surface area contributed by atoms with Gasteiger partial charge in [-0.2, -0.15) is 0 Å². The predicted octanol–water partition coefficient (Wildman–Crippen LogP) is 3.19. The molecule has 3 aromatic heterocycles. The Balaban J connectivity index is 1.46. The molecule has 0 radical (unpaired) electrons. The van der Waals surface area contributed by atoms with E-state index in [1.165, 1.54) is 6.42 Å². The van der Waals surface area contributed by atoms with Crippen molar-refractivity contribution in [3.05, 3.63) is 48.0 Å². The second-order valence-corrected chi connectivity index (χ2v) is 7.43. The lowest BCUT2D eigenvalue weighted by molar-refractivity contribution is 0.0723. The molecule has 2 aliphatic rings. The van der Waals surface area contributed by atoms with E-state index in [4.69, 9.17) is 4.74 Å². The molecule has 1 saturated heterocycles. The summed E-state index contributed by atoms with van der Waals surface area (Å²) in [7, 11) is 0. The van der Waals surface area contributed by atoms with Crippen LogP contribution in [0.5, 0.6) is 5.75 Å². The molecular weight excluding hydrogens is 354 g/mol. The Morgan fingerprint density at radius 1 is 1.14 bits per heavy atom. The van der Waals surface area contributed by atoms with Crippen LogP contribution in [0.15, 0.2) is 36.8 Å². The highest BCUT2D eigenvalue weighted by Crippen LogP contribution is 2.35. The van der Waals surface area contributed by atoms with Crippen LogP contribution in [0.4, 0.5) is 11.5 Å². The van der Waals surface area contributed by atoms with Crippen molar-refractivity contribution in [2.24, 2.45) is 0 Å². The van der Waals surface area contributed by atoms with Gasteiger partial charge >= 0.3 is 0 Å². The van der Waals surface area contributed by atoms with Crippen molar-refractivity contribution in [1.82, 2.24) is 19.3 Å². The SMILES string of the molecule is Cc1cn2ccc(N3CCOc4cc(C(=O)N5CCCCC5)cnc43)cc2n1. The first-order valence-electron chi connectivity index (χ1n) is 9.84. The Labute approximate surface area is 163 Å². The summed E-state index contributed by atoms with van der Waals surface area (Å²) in [6, 6.07) is 5.94. The molecule has 0 atom stereocenters. The number of aromatic nitrogens is 3. The summed E-state index contributed by atoms with van der Waals surface area (Å²) in [6.45, 7) is 4.89. The number of piperidine rings is 1. The van der Waals surface area contributed by atoms with Crippen LogP contribution in [-0.2, 0) is 0 Å². The molecule has 28 heavy (non-hydrogen) atoms. The van der Waals surface area contributed by atoms with Gasteiger partial charge in [-0.15, -0.1) is 0 Å². The van der Waals surface area contributed by atoms with Gasteiger partial charge in [-0.3, -0.25) is 4.79 Å². The Kier molecular flexibility index (Phi) is 4.15. The third-order valence-corrected chi connectivity index (χ3v) is 5.43. The normalized spacial score (nSPS) is 16.8. The number of anilines is 2. The molecule has 0 N–H and O–H groups in total. The van der Waals surface area contributed by atoms with Crippen molar-refractivity contribution in [3.8, 4) is 5.75 Å². The third kappa shape index (κ3) is 2.96. The van der Waals surface area contributed by atoms with Gasteiger partial charge in [0.05, 0.1) is 17.8 Å². The second-order valence-electron chi connectivity index (χ2n) is 7.43. The fraction of sp³-hybridized carbons (Fsp3) is 0.381. The first-order chi connectivity index (χ1) is 13.7. The van der Waals surface area contributed by atoms with E-state index in [1.807, 2.05) is 34.7 Å². The lowest BCUT2D eigenvalue weighted by atomic mass is 10.1. The van der Waals surface area contributed by atoms with E-state index in [9.17, 15) is 4.79 Å². The zero-order valence-corrected chi connectivity index (χ0v) is 16.0. The van der Waals surface area contributed by atoms with Gasteiger partial charge in [-0.1, -0.05) is 0 Å². The number of imidazole rings is 1. The van der Waals surface area contributed by atoms with Crippen LogP contribution in [0.3, 0.4) is 0 Å². The van der Waals surface area contributed by atoms with Gasteiger partial charge in [0.2, 0.25) is 0 Å². The summed E-state index contributed by atoms with van der Waals surface area (Å²) >= 11 is 0. The maximum Gasteiger partial charge on any atom is 0.255 e. The topological polar surface area (TPSA) is 63.0 Å². The van der Waals surface area contributed by atoms with Crippen molar-refractivity contribution < 1.29 is 9.53 Å². The van der Waals surface area contributed by atoms with E-state index < -0.39 is 0 Å². The van der Waals surface area contributed by atoms with Crippen LogP contribution in [0, 0.1) is 6.92 Å². The number of hydrogen-bond donors (Lipinski definition) is 0. The van der Waals surface area contributed by atoms with Crippen LogP contribution < -0.4 is 9.64 Å². The van der Waals surface area contributed by atoms with Crippen LogP contribution in [0.1, 0.15) is 35.3 Å². The van der Waals surface area contributed by atoms with E-state index in [0.717, 1.165) is 48.8 Å². The first-order valence-corrected chi connectivity index (χ1v) is 9.84. The summed E-state index contributed by atoms with van der Waals surface area (Å²) < 4.78 is 7.86. The molecule has 0 bridgehead atoms. The smallest absolute Gasteiger partial charge is 0.255 e. The lowest BCUT2D eigenvalue weighted by Crippen LogP contribution is -2.36. The number of likely N-dealkylation sites (tertiary alicyclic amines) is 1. The number of aryl methyl sites for hydroxylation is 1. The van der Waals surface area contributed by atoms with E-state index in [2.05, 4.69) is 27.0 Å². The molecule has 3 aromatic rings. The monoisotopic (exact) mass is 377 g/mol. The molecule has 1 fully saturated rings. The van der Waals surface area contributed by atoms with Gasteiger partial charge in [0.15, 0.2) is 11.6 Å². The number of carbonyl (C=O) groups excluding carboxylic acids is 1. The molecule has 1 amide bonds. The molecule has 5 heterocycles. The largest absolute Gasteiger partial charge is 0.488 e. The van der Waals surface area contributed by atoms with E-state index in [1.54, 1.807) is 6.20 Å². The Morgan fingerprint density at radius 2 is 2.00 bits per heavy atom. The molecule has 0 unspecified atom stereocenters. The minimum absolute atomic E-state index is 0.0463. The molecule has 0 spiro atoms. The number of ether oxygens (including phenoxy) is 1. The van der Waals surface area contributed by atoms with E-state index >= 15 is 0 Å². The maximum absolute atomic E-state index is 12.8. The van der Waals surface area contributed by atoms with Crippen LogP contribution >= 0.6 is 0 Å². The zero-order chi connectivity index (χ0) is 19.1. The Bertz CT molecular complexity index is 1040. The van der Waals surface area contributed by atoms with Crippen molar-refractivity contribution in [2.75, 3.05) is 31.1 Å². The molecule has 2 aliphatic heterocycles. The standard InChI is InChI=1S/C21H23N5O2/c1-15-14-25-8-5-17(12-19(25)23-15)26-9-10-28-18-11-16(13-22-20(18)26)21(27)24-6-3-2-4-7-24/h5,8,11-14H,2-4,6-7,9-10H2,1H3. The van der Waals surface area contributed by atoms with Gasteiger partial charge in [-0.25, -0.2) is 9.97 Å². The maximum atomic E-state index is 12.8. The highest BCUT2D eigenvalue weighted by Gasteiger charge is 2.25. The molecular formula is C21H23N5O2. The fourth-order valence-corrected chi connectivity index (χ4v) is 4.01. The minimum Gasteiger partial charge on any atom is -0.488 e. The third-order valence-electron chi connectivity index (χ3n) is 5.43. The number of fused-ring (bicyclic) bond motifs is 2. The van der Waals surface area contributed by atoms with Crippen molar-refractivity contribution >= 4 is 23.1 Å². The first kappa shape index (κ1) is 17.0. The number of hydrogen-bond acceptors (Lipinski definition) is 5. The molecule has 7 heteroatoms. The van der Waals surface area contributed by atoms with Crippen LogP contribution in [-0.4, -0.2) is 51.4 Å². The molecule has 0 saturated carbocycles. The van der Waals surface area contributed by atoms with Gasteiger partial charge < -0.3 is 18.9 Å². The number of pyridine rings is 2. The summed E-state index contributed by atoms with van der Waals surface area (Å²) in [5.74, 6) is 1.45. The second kappa shape index (κ2) is 6.82. The number of rotatable bonds is 2. The molecule has 7 nitrogen and oxygen atoms in total. The number of nitrogens with zero attached hydrogens (tertiary/aromatic N) is 5. The molecule has 0 aliphatic carbocycles. The average Bonchev–Trinajstić information content (AvgIpc) is 3.12. The van der Waals surface area contributed by atoms with Crippen molar-refractivity contribution in [2.45, 2.75) is 26.2 Å². The molecule has 0 aromatic carbocycles. The Morgan fingerprint density at radius 3 is 2.86 bits per heavy atom. The average molecular weight is 377 g/mol. The highest BCUT2D eigenvalue weighted by molar-refractivity contribution is 5.95. The minimum atomic E-state index is 0.0463. The van der Waals surface area contributed by atoms with E-state index in [-0.39, 0.29) is 5.91 Å². The van der Waals surface area contributed by atoms with E-state index in [0.29, 0.717) is 24.5 Å². The fourth-order valence-electron chi connectivity index (χ4n) is 4.01. The number of carbonyl (C=O) groups is 1. The van der Waals surface area contributed by atoms with Gasteiger partial charge in [0, 0.05) is 43.4 Å². The van der Waals surface area contributed by atoms with Gasteiger partial charge in [0.1, 0.15) is 12.3 Å². The lowest BCUT2D eigenvalue weighted by Gasteiger charge is -2.31. The van der Waals surface area contributed by atoms with Crippen molar-refractivity contribution in [1.29, 1.82) is 0 Å².